The third-order valence-corrected chi connectivity index (χ3v) is 30.1. The van der Waals surface area contributed by atoms with E-state index in [1.165, 1.54) is 0 Å². The predicted octanol–water partition coefficient (Wildman–Crippen LogP) is 26.2. The van der Waals surface area contributed by atoms with Gasteiger partial charge in [-0.3, -0.25) is 49.8 Å². The van der Waals surface area contributed by atoms with Crippen molar-refractivity contribution < 1.29 is 84.3 Å². The number of hydrogen-bond acceptors (Lipinski definition) is 12. The number of pyridine rings is 2. The maximum absolute atomic E-state index is 5.27. The average Bonchev–Trinajstić information content (AvgIpc) is 1.62. The first-order valence-corrected chi connectivity index (χ1v) is 48.5. The van der Waals surface area contributed by atoms with Gasteiger partial charge in [0.2, 0.25) is 0 Å². The fourth-order valence-electron chi connectivity index (χ4n) is 19.2. The van der Waals surface area contributed by atoms with Gasteiger partial charge in [0.05, 0.1) is 20.8 Å². The summed E-state index contributed by atoms with van der Waals surface area (Å²) in [4.78, 5) is 50.6. The average molecular weight is 2610 g/mol. The van der Waals surface area contributed by atoms with Gasteiger partial charge >= 0.3 is 84.3 Å². The van der Waals surface area contributed by atoms with Crippen molar-refractivity contribution in [1.82, 2.24) is 77.2 Å². The fraction of sp³-hybridized carbons (Fsp3) is 0.217. The zero-order valence-corrected chi connectivity index (χ0v) is 92.8. The molecule has 0 saturated heterocycles. The number of nitrogens with zero attached hydrogens (tertiary/aromatic N) is 16. The Kier molecular flexibility index (Phi) is 27.9. The third kappa shape index (κ3) is 18.4. The van der Waals surface area contributed by atoms with Gasteiger partial charge in [-0.15, -0.1) is 259 Å². The van der Waals surface area contributed by atoms with E-state index in [2.05, 4.69) is 431 Å². The second kappa shape index (κ2) is 39.1. The second-order valence-corrected chi connectivity index (χ2v) is 42.1. The molecule has 32 bridgehead atoms. The van der Waals surface area contributed by atoms with Crippen LogP contribution in [0.2, 0.25) is 0 Å². The smallest absolute Gasteiger partial charge is 0.346 e. The molecule has 0 fully saturated rings. The first-order valence-electron chi connectivity index (χ1n) is 46.8. The summed E-state index contributed by atoms with van der Waals surface area (Å²) >= 11 is 3.41. The van der Waals surface area contributed by atoms with E-state index in [0.717, 1.165) is 203 Å². The van der Waals surface area contributed by atoms with Crippen molar-refractivity contribution in [3.05, 3.63) is 441 Å². The number of thiazole rings is 2. The van der Waals surface area contributed by atoms with Crippen LogP contribution in [0.4, 0.5) is 0 Å². The van der Waals surface area contributed by atoms with Crippen molar-refractivity contribution in [3.63, 3.8) is 0 Å². The quantitative estimate of drug-likeness (QED) is 0.155. The summed E-state index contributed by atoms with van der Waals surface area (Å²) in [5.41, 5.74) is 24.4. The zero-order valence-electron chi connectivity index (χ0n) is 82.1. The zero-order chi connectivity index (χ0) is 95.7. The molecule has 716 valence electrons. The fourth-order valence-corrected chi connectivity index (χ4v) is 21.1. The normalized spacial score (nSPS) is 15.1. The van der Waals surface area contributed by atoms with Crippen molar-refractivity contribution in [2.24, 2.45) is 14.1 Å². The number of aromatic nitrogens is 16. The van der Waals surface area contributed by atoms with Crippen LogP contribution >= 0.6 is 22.7 Å². The molecule has 16 nitrogen and oxygen atoms in total. The van der Waals surface area contributed by atoms with Gasteiger partial charge in [-0.25, -0.2) is 0 Å². The number of benzene rings is 10. The van der Waals surface area contributed by atoms with Crippen molar-refractivity contribution in [2.45, 2.75) is 154 Å². The largest absolute Gasteiger partial charge is 2.00 e. The summed E-state index contributed by atoms with van der Waals surface area (Å²) in [6.07, 6.45) is 16.3. The van der Waals surface area contributed by atoms with Crippen LogP contribution in [0.5, 0.6) is 0 Å². The van der Waals surface area contributed by atoms with Crippen LogP contribution in [0.25, 0.3) is 113 Å². The van der Waals surface area contributed by atoms with Crippen molar-refractivity contribution in [3.8, 4) is 113 Å². The van der Waals surface area contributed by atoms with Crippen LogP contribution in [-0.4, -0.2) is 77.2 Å². The third-order valence-electron chi connectivity index (χ3n) is 27.7. The molecule has 22 heteroatoms. The maximum atomic E-state index is 5.27. The molecule has 0 unspecified atom stereocenters. The Bertz CT molecular complexity index is 7270. The van der Waals surface area contributed by atoms with Gasteiger partial charge in [-0.2, -0.15) is 11.1 Å². The van der Waals surface area contributed by atoms with Gasteiger partial charge in [0, 0.05) is 92.1 Å². The Morgan fingerprint density at radius 3 is 0.697 bits per heavy atom. The number of fused-ring (bicyclic) bond motifs is 40. The number of rotatable bonds is 4. The van der Waals surface area contributed by atoms with Gasteiger partial charge in [0.25, 0.3) is 0 Å². The Morgan fingerprint density at radius 2 is 0.430 bits per heavy atom. The summed E-state index contributed by atoms with van der Waals surface area (Å²) in [7, 11) is 4.13. The van der Waals surface area contributed by atoms with Gasteiger partial charge in [-0.1, -0.05) is 156 Å². The minimum atomic E-state index is -0.561. The summed E-state index contributed by atoms with van der Waals surface area (Å²) in [5, 5.41) is 6.46. The molecule has 14 heterocycles. The summed E-state index contributed by atoms with van der Waals surface area (Å²) in [6.45, 7) is 35.1. The maximum Gasteiger partial charge on any atom is 2.00 e. The topological polar surface area (TPSA) is 158 Å². The molecule has 0 amide bonds. The monoisotopic (exact) mass is 2610 g/mol. The standard InChI is InChI=1S/C36H30N4.C34H28N6.C26H26N4.C24H20N2S2.4Pt/c1-35(2)27-15-11-13-25(21-27)32-24-40(30-19-9-6-10-20-30)34(38-32)36(3,4)28-16-12-14-26(22-28)31-23-39(33(35)37-31)29-17-7-5-8-18-29;1-33(2)29-19-23(15-17-35-29)28-22-40(26-13-9-6-10-14-26)32(38-28)34(3,4)30-20-24(16-18-36-30)27-21-39(31(33)37-27)25-11-7-5-8-12-25;1-25(2)19-11-7-9-17(13-19)22-16-30(6)24(28-22)26(3,4)20-12-8-10-18(14-20)21-15-29(5)23(25)27-21;1-23(2)17-9-5-7-15(11-17)20-14-28-22(26-20)24(3,4)18-10-6-8-16(12-18)19-13-27-21(23)25-19;;;;/h5-20,23-24H,1-4H3;5-18,21-22H,1-4H3;7-12,15-16H,1-6H3;5-10,13-14H,1-4H3;;;;/q4*-2;4*+2. The van der Waals surface area contributed by atoms with Gasteiger partial charge in [0.15, 0.2) is 0 Å². The molecule has 0 saturated carbocycles. The summed E-state index contributed by atoms with van der Waals surface area (Å²) in [5.74, 6) is 5.65. The summed E-state index contributed by atoms with van der Waals surface area (Å²) < 4.78 is 13.0. The van der Waals surface area contributed by atoms with E-state index in [1.807, 2.05) is 73.1 Å². The van der Waals surface area contributed by atoms with Gasteiger partial charge in [0.1, 0.15) is 34.9 Å². The van der Waals surface area contributed by atoms with Crippen molar-refractivity contribution >= 4 is 22.7 Å². The molecule has 20 aromatic rings. The minimum Gasteiger partial charge on any atom is -0.346 e. The van der Waals surface area contributed by atoms with Crippen LogP contribution < -0.4 is 0 Å². The van der Waals surface area contributed by atoms with E-state index in [4.69, 9.17) is 49.8 Å². The molecule has 0 aliphatic carbocycles. The molecule has 0 atom stereocenters. The van der Waals surface area contributed by atoms with Crippen LogP contribution in [0.1, 0.15) is 201 Å². The predicted molar refractivity (Wildman–Crippen MR) is 552 cm³/mol. The van der Waals surface area contributed by atoms with E-state index in [0.29, 0.717) is 0 Å². The van der Waals surface area contributed by atoms with Crippen LogP contribution in [0, 0.1) is 48.5 Å². The Hall–Kier alpha value is -12.2. The van der Waals surface area contributed by atoms with E-state index in [9.17, 15) is 0 Å². The molecule has 0 N–H and O–H groups in total. The molecule has 142 heavy (non-hydrogen) atoms. The first kappa shape index (κ1) is 101. The van der Waals surface area contributed by atoms with Gasteiger partial charge < -0.3 is 27.4 Å². The number of imidazole rings is 6. The number of hydrogen-bond donors (Lipinski definition) is 0. The molecule has 4 aliphatic rings. The molecule has 10 aromatic carbocycles. The molecule has 4 aliphatic heterocycles. The molecular formula is C120H104N16Pt4S2. The minimum absolute atomic E-state index is 0. The van der Waals surface area contributed by atoms with Crippen LogP contribution in [0.3, 0.4) is 0 Å². The van der Waals surface area contributed by atoms with Crippen molar-refractivity contribution in [1.29, 1.82) is 0 Å². The number of aryl methyl sites for hydroxylation is 2. The van der Waals surface area contributed by atoms with E-state index in [-0.39, 0.29) is 106 Å². The van der Waals surface area contributed by atoms with E-state index < -0.39 is 21.7 Å². The Balaban J connectivity index is 0.000000130. The molecule has 0 spiro atoms. The van der Waals surface area contributed by atoms with E-state index >= 15 is 0 Å². The summed E-state index contributed by atoms with van der Waals surface area (Å²) in [6, 6.07) is 113. The molecule has 0 radical (unpaired) electrons. The number of para-hydroxylation sites is 4. The SMILES string of the molecule is CC1(C)c2[c-]c(ccc2)-c2cn(-c3ccccc3)c(n2)C(C)(C)c2[c-]c(ccc2)-c2cn(-c3ccccc3)c1n2.CC1(C)c2[c-]c(ccc2)-c2csc(n2)C(C)(C)c2[c-]c(ccc2)-c2csc1n2.CC1(C)c2[c-]c(ccn2)-c2cn(-c3ccccc3)c(n2)C(C)(C)c2[c-]c(ccn2)-c2cn(-c3ccccc3)c1n2.Cn1cc2nc1C(C)(C)c1[c-]c(ccc1)-c1cn(C)c(n1)C(C)(C)c1[c-]c-2ccc1.[Pt+2].[Pt+2].[Pt+2].[Pt+2]. The van der Waals surface area contributed by atoms with Crippen LogP contribution in [0.15, 0.2) is 303 Å². The van der Waals surface area contributed by atoms with Gasteiger partial charge in [-0.05, 0) is 171 Å². The molecule has 24 rings (SSSR count). The van der Waals surface area contributed by atoms with E-state index in [1.54, 1.807) is 22.7 Å². The molecular weight excluding hydrogens is 2510 g/mol. The Morgan fingerprint density at radius 1 is 0.211 bits per heavy atom. The first-order chi connectivity index (χ1) is 66.2. The van der Waals surface area contributed by atoms with Crippen LogP contribution in [-0.2, 0) is 142 Å². The molecule has 10 aromatic heterocycles. The second-order valence-electron chi connectivity index (χ2n) is 40.4. The van der Waals surface area contributed by atoms with Crippen molar-refractivity contribution in [2.75, 3.05) is 0 Å². The Labute approximate surface area is 898 Å².